The van der Waals surface area contributed by atoms with Crippen LogP contribution in [0.25, 0.3) is 0 Å². The number of rotatable bonds is 7. The quantitative estimate of drug-likeness (QED) is 0.666. The van der Waals surface area contributed by atoms with Crippen LogP contribution in [0.1, 0.15) is 5.56 Å². The van der Waals surface area contributed by atoms with Gasteiger partial charge >= 0.3 is 6.03 Å². The zero-order valence-electron chi connectivity index (χ0n) is 13.5. The van der Waals surface area contributed by atoms with Crippen molar-refractivity contribution in [1.29, 1.82) is 0 Å². The molecular formula is C18H18N4O3. The molecule has 0 unspecified atom stereocenters. The minimum atomic E-state index is -0.458. The number of carbonyl (C=O) groups is 2. The largest absolute Gasteiger partial charge is 0.439 e. The first-order valence-electron chi connectivity index (χ1n) is 7.57. The van der Waals surface area contributed by atoms with Crippen LogP contribution in [0.5, 0.6) is 11.6 Å². The summed E-state index contributed by atoms with van der Waals surface area (Å²) < 4.78 is 5.59. The van der Waals surface area contributed by atoms with E-state index in [0.29, 0.717) is 11.6 Å². The molecule has 0 aliphatic heterocycles. The lowest BCUT2D eigenvalue weighted by Gasteiger charge is -2.08. The Morgan fingerprint density at radius 2 is 1.88 bits per heavy atom. The van der Waals surface area contributed by atoms with Crippen LogP contribution in [0.2, 0.25) is 0 Å². The number of para-hydroxylation sites is 1. The summed E-state index contributed by atoms with van der Waals surface area (Å²) in [5, 5.41) is 7.50. The molecular weight excluding hydrogens is 320 g/mol. The Morgan fingerprint density at radius 3 is 2.56 bits per heavy atom. The van der Waals surface area contributed by atoms with Crippen LogP contribution in [0.3, 0.4) is 0 Å². The number of urea groups is 1. The number of carbonyl (C=O) groups excluding carboxylic acids is 2. The van der Waals surface area contributed by atoms with Gasteiger partial charge in [-0.25, -0.2) is 9.78 Å². The van der Waals surface area contributed by atoms with Gasteiger partial charge in [0.1, 0.15) is 5.75 Å². The van der Waals surface area contributed by atoms with E-state index < -0.39 is 6.03 Å². The highest BCUT2D eigenvalue weighted by molar-refractivity contribution is 5.83. The summed E-state index contributed by atoms with van der Waals surface area (Å²) in [6.07, 6.45) is 6.63. The Bertz CT molecular complexity index is 739. The van der Waals surface area contributed by atoms with Crippen molar-refractivity contribution in [2.75, 3.05) is 13.1 Å². The van der Waals surface area contributed by atoms with Gasteiger partial charge in [-0.05, 0) is 17.7 Å². The normalized spacial score (nSPS) is 9.56. The predicted octanol–water partition coefficient (Wildman–Crippen LogP) is 1.42. The Labute approximate surface area is 145 Å². The zero-order valence-corrected chi connectivity index (χ0v) is 13.5. The molecule has 0 bridgehead atoms. The number of ether oxygens (including phenoxy) is 1. The lowest BCUT2D eigenvalue weighted by Crippen LogP contribution is -2.41. The van der Waals surface area contributed by atoms with Crippen LogP contribution in [0, 0.1) is 12.3 Å². The average molecular weight is 338 g/mol. The van der Waals surface area contributed by atoms with Crippen molar-refractivity contribution in [2.24, 2.45) is 0 Å². The van der Waals surface area contributed by atoms with Crippen LogP contribution < -0.4 is 20.7 Å². The highest BCUT2D eigenvalue weighted by Crippen LogP contribution is 2.18. The maximum atomic E-state index is 11.6. The Morgan fingerprint density at radius 1 is 1.08 bits per heavy atom. The molecule has 0 aliphatic rings. The topological polar surface area (TPSA) is 92.4 Å². The van der Waals surface area contributed by atoms with E-state index in [4.69, 9.17) is 11.2 Å². The van der Waals surface area contributed by atoms with E-state index in [1.165, 1.54) is 0 Å². The molecule has 0 aliphatic carbocycles. The van der Waals surface area contributed by atoms with Gasteiger partial charge in [-0.3, -0.25) is 4.79 Å². The van der Waals surface area contributed by atoms with Crippen molar-refractivity contribution in [3.8, 4) is 24.0 Å². The molecule has 0 atom stereocenters. The molecule has 7 nitrogen and oxygen atoms in total. The van der Waals surface area contributed by atoms with Crippen LogP contribution in [0.15, 0.2) is 48.7 Å². The molecule has 2 aromatic rings. The lowest BCUT2D eigenvalue weighted by molar-refractivity contribution is -0.119. The molecule has 0 saturated heterocycles. The fourth-order valence-electron chi connectivity index (χ4n) is 1.80. The molecule has 128 valence electrons. The van der Waals surface area contributed by atoms with Gasteiger partial charge in [0.05, 0.1) is 13.1 Å². The van der Waals surface area contributed by atoms with Crippen molar-refractivity contribution in [1.82, 2.24) is 20.9 Å². The SMILES string of the molecule is C#CCNC(=O)CNC(=O)NCc1ccc(Oc2ccccc2)nc1. The van der Waals surface area contributed by atoms with Crippen molar-refractivity contribution in [2.45, 2.75) is 6.54 Å². The number of pyridine rings is 1. The summed E-state index contributed by atoms with van der Waals surface area (Å²) in [6.45, 7) is 0.261. The minimum Gasteiger partial charge on any atom is -0.439 e. The number of aromatic nitrogens is 1. The third-order valence-electron chi connectivity index (χ3n) is 3.01. The number of nitrogens with one attached hydrogen (secondary N) is 3. The number of hydrogen-bond donors (Lipinski definition) is 3. The van der Waals surface area contributed by atoms with Crippen molar-refractivity contribution >= 4 is 11.9 Å². The first-order chi connectivity index (χ1) is 12.2. The second-order valence-corrected chi connectivity index (χ2v) is 4.94. The van der Waals surface area contributed by atoms with Gasteiger partial charge in [0.15, 0.2) is 0 Å². The molecule has 0 radical (unpaired) electrons. The summed E-state index contributed by atoms with van der Waals surface area (Å²) in [7, 11) is 0. The van der Waals surface area contributed by atoms with Gasteiger partial charge < -0.3 is 20.7 Å². The van der Waals surface area contributed by atoms with Gasteiger partial charge in [-0.1, -0.05) is 30.2 Å². The van der Waals surface area contributed by atoms with Gasteiger partial charge in [0.25, 0.3) is 0 Å². The molecule has 25 heavy (non-hydrogen) atoms. The standard InChI is InChI=1S/C18H18N4O3/c1-2-10-19-16(23)13-22-18(24)21-12-14-8-9-17(20-11-14)25-15-6-4-3-5-7-15/h1,3-9,11H,10,12-13H2,(H,19,23)(H2,21,22,24). The van der Waals surface area contributed by atoms with Gasteiger partial charge in [-0.2, -0.15) is 0 Å². The zero-order chi connectivity index (χ0) is 17.9. The second kappa shape index (κ2) is 9.57. The predicted molar refractivity (Wildman–Crippen MR) is 92.8 cm³/mol. The molecule has 0 fully saturated rings. The fraction of sp³-hybridized carbons (Fsp3) is 0.167. The van der Waals surface area contributed by atoms with Crippen LogP contribution in [-0.2, 0) is 11.3 Å². The molecule has 3 N–H and O–H groups in total. The first kappa shape index (κ1) is 17.8. The Hall–Kier alpha value is -3.53. The monoisotopic (exact) mass is 338 g/mol. The van der Waals surface area contributed by atoms with E-state index in [9.17, 15) is 9.59 Å². The molecule has 1 aromatic heterocycles. The molecule has 0 saturated carbocycles. The van der Waals surface area contributed by atoms with E-state index >= 15 is 0 Å². The highest BCUT2D eigenvalue weighted by atomic mass is 16.5. The van der Waals surface area contributed by atoms with Crippen molar-refractivity contribution in [3.05, 3.63) is 54.2 Å². The van der Waals surface area contributed by atoms with Gasteiger partial charge in [0.2, 0.25) is 11.8 Å². The number of terminal acetylenes is 1. The average Bonchev–Trinajstić information content (AvgIpc) is 2.65. The van der Waals surface area contributed by atoms with E-state index in [2.05, 4.69) is 26.9 Å². The second-order valence-electron chi connectivity index (χ2n) is 4.94. The number of amides is 3. The van der Waals surface area contributed by atoms with Crippen LogP contribution in [0.4, 0.5) is 4.79 Å². The molecule has 1 heterocycles. The summed E-state index contributed by atoms with van der Waals surface area (Å²) in [6, 6.07) is 12.4. The van der Waals surface area contributed by atoms with Crippen LogP contribution in [-0.4, -0.2) is 30.0 Å². The number of nitrogens with zero attached hydrogens (tertiary/aromatic N) is 1. The lowest BCUT2D eigenvalue weighted by atomic mass is 10.3. The molecule has 0 spiro atoms. The highest BCUT2D eigenvalue weighted by Gasteiger charge is 2.05. The third-order valence-corrected chi connectivity index (χ3v) is 3.01. The van der Waals surface area contributed by atoms with E-state index in [0.717, 1.165) is 5.56 Å². The summed E-state index contributed by atoms with van der Waals surface area (Å²) in [4.78, 5) is 27.1. The molecule has 3 amide bonds. The summed E-state index contributed by atoms with van der Waals surface area (Å²) in [5.41, 5.74) is 0.798. The smallest absolute Gasteiger partial charge is 0.315 e. The Balaban J connectivity index is 1.73. The molecule has 7 heteroatoms. The van der Waals surface area contributed by atoms with Crippen LogP contribution >= 0.6 is 0 Å². The van der Waals surface area contributed by atoms with Crippen molar-refractivity contribution < 1.29 is 14.3 Å². The molecule has 2 rings (SSSR count). The fourth-order valence-corrected chi connectivity index (χ4v) is 1.80. The van der Waals surface area contributed by atoms with E-state index in [1.54, 1.807) is 18.3 Å². The summed E-state index contributed by atoms with van der Waals surface area (Å²) in [5.74, 6) is 3.09. The van der Waals surface area contributed by atoms with E-state index in [-0.39, 0.29) is 25.5 Å². The van der Waals surface area contributed by atoms with E-state index in [1.807, 2.05) is 30.3 Å². The first-order valence-corrected chi connectivity index (χ1v) is 7.57. The van der Waals surface area contributed by atoms with Gasteiger partial charge in [-0.15, -0.1) is 6.42 Å². The third kappa shape index (κ3) is 6.62. The number of hydrogen-bond acceptors (Lipinski definition) is 4. The summed E-state index contributed by atoms with van der Waals surface area (Å²) >= 11 is 0. The molecule has 1 aromatic carbocycles. The Kier molecular flexibility index (Phi) is 6.82. The maximum Gasteiger partial charge on any atom is 0.315 e. The maximum absolute atomic E-state index is 11.6. The minimum absolute atomic E-state index is 0.130. The van der Waals surface area contributed by atoms with Crippen molar-refractivity contribution in [3.63, 3.8) is 0 Å². The van der Waals surface area contributed by atoms with Gasteiger partial charge in [0, 0.05) is 18.8 Å². The number of benzene rings is 1.